The maximum atomic E-state index is 12.3. The fourth-order valence-electron chi connectivity index (χ4n) is 2.42. The molecule has 0 spiro atoms. The quantitative estimate of drug-likeness (QED) is 0.819. The highest BCUT2D eigenvalue weighted by Gasteiger charge is 2.12. The summed E-state index contributed by atoms with van der Waals surface area (Å²) in [5, 5.41) is 11.4. The van der Waals surface area contributed by atoms with Crippen LogP contribution in [0, 0.1) is 25.2 Å². The Morgan fingerprint density at radius 1 is 1.04 bits per heavy atom. The number of hydrogen-bond donors (Lipinski definition) is 1. The number of rotatable bonds is 6. The molecule has 0 saturated carbocycles. The van der Waals surface area contributed by atoms with Crippen molar-refractivity contribution in [1.29, 1.82) is 5.26 Å². The van der Waals surface area contributed by atoms with E-state index in [2.05, 4.69) is 11.4 Å². The molecule has 0 radical (unpaired) electrons. The van der Waals surface area contributed by atoms with E-state index in [1.807, 2.05) is 32.0 Å². The van der Waals surface area contributed by atoms with E-state index in [0.717, 1.165) is 16.7 Å². The number of benzene rings is 2. The average molecular weight is 320 g/mol. The van der Waals surface area contributed by atoms with E-state index in [4.69, 9.17) is 5.26 Å². The third-order valence-electron chi connectivity index (χ3n) is 3.79. The van der Waals surface area contributed by atoms with Crippen LogP contribution in [0.4, 0.5) is 5.69 Å². The average Bonchev–Trinajstić information content (AvgIpc) is 2.57. The highest BCUT2D eigenvalue weighted by molar-refractivity contribution is 6.01. The molecule has 0 saturated heterocycles. The Labute approximate surface area is 142 Å². The summed E-state index contributed by atoms with van der Waals surface area (Å²) in [5.41, 5.74) is 4.22. The number of carbonyl (C=O) groups excluding carboxylic acids is 2. The summed E-state index contributed by atoms with van der Waals surface area (Å²) in [7, 11) is 0. The van der Waals surface area contributed by atoms with Gasteiger partial charge in [-0.1, -0.05) is 29.8 Å². The van der Waals surface area contributed by atoms with Gasteiger partial charge in [0.2, 0.25) is 5.91 Å². The van der Waals surface area contributed by atoms with E-state index in [-0.39, 0.29) is 24.5 Å². The summed E-state index contributed by atoms with van der Waals surface area (Å²) < 4.78 is 0. The molecular formula is C20H20N2O2. The second-order valence-electron chi connectivity index (χ2n) is 5.82. The Kier molecular flexibility index (Phi) is 5.86. The minimum Gasteiger partial charge on any atom is -0.326 e. The Morgan fingerprint density at radius 3 is 2.42 bits per heavy atom. The molecule has 2 aromatic carbocycles. The number of ketones is 1. The fourth-order valence-corrected chi connectivity index (χ4v) is 2.42. The molecule has 4 heteroatoms. The van der Waals surface area contributed by atoms with Gasteiger partial charge in [0.25, 0.3) is 0 Å². The van der Waals surface area contributed by atoms with Gasteiger partial charge in [0.05, 0.1) is 12.5 Å². The van der Waals surface area contributed by atoms with Gasteiger partial charge >= 0.3 is 0 Å². The fraction of sp³-hybridized carbons (Fsp3) is 0.250. The van der Waals surface area contributed by atoms with Crippen molar-refractivity contribution in [3.8, 4) is 6.07 Å². The van der Waals surface area contributed by atoms with Gasteiger partial charge in [0.1, 0.15) is 0 Å². The smallest absolute Gasteiger partial charge is 0.224 e. The first-order chi connectivity index (χ1) is 11.5. The SMILES string of the molecule is Cc1ccc(C)c(C(=O)CCC(=O)Nc2ccc(CC#N)cc2)c1. The number of carbonyl (C=O) groups is 2. The molecule has 0 aliphatic heterocycles. The van der Waals surface area contributed by atoms with Gasteiger partial charge in [-0.05, 0) is 43.2 Å². The van der Waals surface area contributed by atoms with Crippen LogP contribution in [0.15, 0.2) is 42.5 Å². The Hall–Kier alpha value is -2.93. The normalized spacial score (nSPS) is 10.0. The Bertz CT molecular complexity index is 786. The molecule has 0 aliphatic rings. The number of Topliss-reactive ketones (excluding diaryl/α,β-unsaturated/α-hetero) is 1. The minimum absolute atomic E-state index is 0.0179. The van der Waals surface area contributed by atoms with Crippen LogP contribution in [0.2, 0.25) is 0 Å². The van der Waals surface area contributed by atoms with E-state index >= 15 is 0 Å². The van der Waals surface area contributed by atoms with Gasteiger partial charge in [-0.25, -0.2) is 0 Å². The predicted molar refractivity (Wildman–Crippen MR) is 93.9 cm³/mol. The largest absolute Gasteiger partial charge is 0.326 e. The Balaban J connectivity index is 1.89. The molecule has 24 heavy (non-hydrogen) atoms. The number of nitrogens with one attached hydrogen (secondary N) is 1. The molecule has 0 bridgehead atoms. The van der Waals surface area contributed by atoms with Crippen LogP contribution in [0.1, 0.15) is 39.9 Å². The van der Waals surface area contributed by atoms with E-state index in [0.29, 0.717) is 17.7 Å². The van der Waals surface area contributed by atoms with Crippen LogP contribution in [-0.2, 0) is 11.2 Å². The standard InChI is InChI=1S/C20H20N2O2/c1-14-3-4-15(2)18(13-14)19(23)9-10-20(24)22-17-7-5-16(6-8-17)11-12-21/h3-8,13H,9-11H2,1-2H3,(H,22,24). The predicted octanol–water partition coefficient (Wildman–Crippen LogP) is 3.97. The van der Waals surface area contributed by atoms with E-state index in [1.54, 1.807) is 24.3 Å². The maximum absolute atomic E-state index is 12.3. The van der Waals surface area contributed by atoms with Crippen molar-refractivity contribution in [2.24, 2.45) is 0 Å². The lowest BCUT2D eigenvalue weighted by molar-refractivity contribution is -0.116. The molecule has 0 aliphatic carbocycles. The molecule has 0 aromatic heterocycles. The zero-order chi connectivity index (χ0) is 17.5. The number of nitriles is 1. The summed E-state index contributed by atoms with van der Waals surface area (Å²) in [5.74, 6) is -0.211. The van der Waals surface area contributed by atoms with Gasteiger partial charge < -0.3 is 5.32 Å². The van der Waals surface area contributed by atoms with Crippen molar-refractivity contribution in [3.63, 3.8) is 0 Å². The zero-order valence-corrected chi connectivity index (χ0v) is 13.9. The molecule has 0 unspecified atom stereocenters. The summed E-state index contributed by atoms with van der Waals surface area (Å²) >= 11 is 0. The number of aryl methyl sites for hydroxylation is 2. The molecule has 122 valence electrons. The number of hydrogen-bond acceptors (Lipinski definition) is 3. The summed E-state index contributed by atoms with van der Waals surface area (Å²) in [6, 6.07) is 15.0. The van der Waals surface area contributed by atoms with Crippen molar-refractivity contribution < 1.29 is 9.59 Å². The highest BCUT2D eigenvalue weighted by atomic mass is 16.2. The van der Waals surface area contributed by atoms with Crippen LogP contribution in [0.3, 0.4) is 0 Å². The molecule has 0 heterocycles. The van der Waals surface area contributed by atoms with Crippen LogP contribution in [0.25, 0.3) is 0 Å². The monoisotopic (exact) mass is 320 g/mol. The van der Waals surface area contributed by atoms with Gasteiger partial charge in [0, 0.05) is 24.1 Å². The van der Waals surface area contributed by atoms with E-state index in [9.17, 15) is 9.59 Å². The second kappa shape index (κ2) is 8.07. The van der Waals surface area contributed by atoms with E-state index in [1.165, 1.54) is 0 Å². The first-order valence-corrected chi connectivity index (χ1v) is 7.86. The van der Waals surface area contributed by atoms with Crippen molar-refractivity contribution in [2.75, 3.05) is 5.32 Å². The summed E-state index contributed by atoms with van der Waals surface area (Å²) in [6.07, 6.45) is 0.674. The molecule has 2 aromatic rings. The van der Waals surface area contributed by atoms with Gasteiger partial charge in [-0.3, -0.25) is 9.59 Å². The molecule has 2 rings (SSSR count). The molecule has 1 amide bonds. The van der Waals surface area contributed by atoms with Crippen molar-refractivity contribution in [1.82, 2.24) is 0 Å². The number of anilines is 1. The van der Waals surface area contributed by atoms with Gasteiger partial charge in [-0.15, -0.1) is 0 Å². The third kappa shape index (κ3) is 4.79. The molecule has 0 atom stereocenters. The van der Waals surface area contributed by atoms with Crippen LogP contribution in [0.5, 0.6) is 0 Å². The van der Waals surface area contributed by atoms with Gasteiger partial charge in [-0.2, -0.15) is 5.26 Å². The van der Waals surface area contributed by atoms with Crippen LogP contribution >= 0.6 is 0 Å². The summed E-state index contributed by atoms with van der Waals surface area (Å²) in [6.45, 7) is 3.84. The first-order valence-electron chi connectivity index (χ1n) is 7.86. The molecule has 4 nitrogen and oxygen atoms in total. The number of nitrogens with zero attached hydrogens (tertiary/aromatic N) is 1. The molecule has 1 N–H and O–H groups in total. The van der Waals surface area contributed by atoms with Gasteiger partial charge in [0.15, 0.2) is 5.78 Å². The lowest BCUT2D eigenvalue weighted by Gasteiger charge is -2.08. The maximum Gasteiger partial charge on any atom is 0.224 e. The third-order valence-corrected chi connectivity index (χ3v) is 3.79. The zero-order valence-electron chi connectivity index (χ0n) is 13.9. The first kappa shape index (κ1) is 17.4. The van der Waals surface area contributed by atoms with Crippen LogP contribution < -0.4 is 5.32 Å². The lowest BCUT2D eigenvalue weighted by Crippen LogP contribution is -2.14. The minimum atomic E-state index is -0.193. The van der Waals surface area contributed by atoms with E-state index < -0.39 is 0 Å². The molecular weight excluding hydrogens is 300 g/mol. The van der Waals surface area contributed by atoms with Crippen molar-refractivity contribution in [3.05, 3.63) is 64.7 Å². The molecule has 0 fully saturated rings. The summed E-state index contributed by atoms with van der Waals surface area (Å²) in [4.78, 5) is 24.3. The van der Waals surface area contributed by atoms with Crippen LogP contribution in [-0.4, -0.2) is 11.7 Å². The Morgan fingerprint density at radius 2 is 1.75 bits per heavy atom. The highest BCUT2D eigenvalue weighted by Crippen LogP contribution is 2.15. The number of amides is 1. The van der Waals surface area contributed by atoms with Crippen molar-refractivity contribution in [2.45, 2.75) is 33.1 Å². The lowest BCUT2D eigenvalue weighted by atomic mass is 9.99. The van der Waals surface area contributed by atoms with Crippen molar-refractivity contribution >= 4 is 17.4 Å². The topological polar surface area (TPSA) is 70.0 Å². The second-order valence-corrected chi connectivity index (χ2v) is 5.82.